The van der Waals surface area contributed by atoms with Crippen molar-refractivity contribution in [2.75, 3.05) is 11.1 Å². The molecule has 1 unspecified atom stereocenters. The van der Waals surface area contributed by atoms with Crippen LogP contribution in [0.25, 0.3) is 0 Å². The van der Waals surface area contributed by atoms with Gasteiger partial charge in [0.2, 0.25) is 11.8 Å². The number of rotatable bonds is 4. The van der Waals surface area contributed by atoms with Crippen LogP contribution in [0, 0.1) is 10.1 Å². The van der Waals surface area contributed by atoms with E-state index in [1.165, 1.54) is 0 Å². The molecule has 2 aromatic heterocycles. The molecule has 0 aliphatic carbocycles. The van der Waals surface area contributed by atoms with E-state index in [2.05, 4.69) is 20.3 Å². The van der Waals surface area contributed by atoms with Gasteiger partial charge in [-0.1, -0.05) is 0 Å². The Hall–Kier alpha value is -2.77. The SMILES string of the molecule is CC(Nc1nc(N)ncc1[N+](=O)[O-])c1ccncc1. The predicted molar refractivity (Wildman–Crippen MR) is 69.4 cm³/mol. The molecule has 2 aromatic rings. The average molecular weight is 260 g/mol. The number of nitrogens with zero attached hydrogens (tertiary/aromatic N) is 4. The topological polar surface area (TPSA) is 120 Å². The molecule has 0 spiro atoms. The molecular weight excluding hydrogens is 248 g/mol. The normalized spacial score (nSPS) is 11.8. The lowest BCUT2D eigenvalue weighted by molar-refractivity contribution is -0.384. The van der Waals surface area contributed by atoms with Crippen LogP contribution in [0.1, 0.15) is 18.5 Å². The van der Waals surface area contributed by atoms with Crippen molar-refractivity contribution in [3.8, 4) is 0 Å². The Morgan fingerprint density at radius 1 is 1.42 bits per heavy atom. The third-order valence-electron chi connectivity index (χ3n) is 2.54. The van der Waals surface area contributed by atoms with Crippen LogP contribution in [-0.4, -0.2) is 19.9 Å². The van der Waals surface area contributed by atoms with E-state index in [-0.39, 0.29) is 23.5 Å². The minimum Gasteiger partial charge on any atom is -0.368 e. The number of hydrogen-bond donors (Lipinski definition) is 2. The predicted octanol–water partition coefficient (Wildman–Crippen LogP) is 1.54. The second kappa shape index (κ2) is 5.25. The number of nitrogens with one attached hydrogen (secondary N) is 1. The van der Waals surface area contributed by atoms with Crippen LogP contribution in [-0.2, 0) is 0 Å². The van der Waals surface area contributed by atoms with E-state index in [4.69, 9.17) is 5.73 Å². The van der Waals surface area contributed by atoms with E-state index < -0.39 is 4.92 Å². The largest absolute Gasteiger partial charge is 0.368 e. The number of nitro groups is 1. The maximum absolute atomic E-state index is 10.9. The highest BCUT2D eigenvalue weighted by Gasteiger charge is 2.18. The van der Waals surface area contributed by atoms with Crippen LogP contribution in [0.2, 0.25) is 0 Å². The van der Waals surface area contributed by atoms with Gasteiger partial charge in [0.05, 0.1) is 11.0 Å². The zero-order valence-electron chi connectivity index (χ0n) is 10.1. The lowest BCUT2D eigenvalue weighted by atomic mass is 10.1. The Balaban J connectivity index is 2.28. The van der Waals surface area contributed by atoms with Gasteiger partial charge in [-0.15, -0.1) is 0 Å². The van der Waals surface area contributed by atoms with Crippen molar-refractivity contribution in [3.63, 3.8) is 0 Å². The lowest BCUT2D eigenvalue weighted by Gasteiger charge is -2.14. The Morgan fingerprint density at radius 3 is 2.74 bits per heavy atom. The molecule has 0 aliphatic rings. The summed E-state index contributed by atoms with van der Waals surface area (Å²) in [4.78, 5) is 21.7. The minimum absolute atomic E-state index is 0.0185. The van der Waals surface area contributed by atoms with Crippen LogP contribution in [0.15, 0.2) is 30.7 Å². The van der Waals surface area contributed by atoms with Crippen LogP contribution >= 0.6 is 0 Å². The molecule has 0 aromatic carbocycles. The summed E-state index contributed by atoms with van der Waals surface area (Å²) >= 11 is 0. The van der Waals surface area contributed by atoms with Gasteiger partial charge in [-0.25, -0.2) is 4.98 Å². The Labute approximate surface area is 108 Å². The first kappa shape index (κ1) is 12.7. The van der Waals surface area contributed by atoms with Gasteiger partial charge in [0.1, 0.15) is 6.20 Å². The van der Waals surface area contributed by atoms with Crippen LogP contribution < -0.4 is 11.1 Å². The zero-order chi connectivity index (χ0) is 13.8. The molecule has 0 bridgehead atoms. The smallest absolute Gasteiger partial charge is 0.329 e. The fraction of sp³-hybridized carbons (Fsp3) is 0.182. The van der Waals surface area contributed by atoms with Gasteiger partial charge >= 0.3 is 5.69 Å². The minimum atomic E-state index is -0.555. The number of anilines is 2. The van der Waals surface area contributed by atoms with E-state index in [1.807, 2.05) is 19.1 Å². The molecule has 3 N–H and O–H groups in total. The third kappa shape index (κ3) is 2.92. The van der Waals surface area contributed by atoms with Crippen LogP contribution in [0.4, 0.5) is 17.5 Å². The van der Waals surface area contributed by atoms with Gasteiger partial charge in [0, 0.05) is 12.4 Å². The molecule has 2 rings (SSSR count). The Morgan fingerprint density at radius 2 is 2.11 bits per heavy atom. The van der Waals surface area contributed by atoms with E-state index in [0.29, 0.717) is 0 Å². The maximum atomic E-state index is 10.9. The van der Waals surface area contributed by atoms with Gasteiger partial charge in [0.15, 0.2) is 0 Å². The van der Waals surface area contributed by atoms with Crippen molar-refractivity contribution in [3.05, 3.63) is 46.4 Å². The molecule has 98 valence electrons. The van der Waals surface area contributed by atoms with Crippen LogP contribution in [0.5, 0.6) is 0 Å². The van der Waals surface area contributed by atoms with Crippen molar-refractivity contribution in [1.82, 2.24) is 15.0 Å². The molecule has 19 heavy (non-hydrogen) atoms. The molecule has 0 aliphatic heterocycles. The fourth-order valence-electron chi connectivity index (χ4n) is 1.57. The summed E-state index contributed by atoms with van der Waals surface area (Å²) in [5, 5.41) is 13.8. The molecule has 1 atom stereocenters. The summed E-state index contributed by atoms with van der Waals surface area (Å²) in [5.41, 5.74) is 6.17. The first-order chi connectivity index (χ1) is 9.08. The maximum Gasteiger partial charge on any atom is 0.329 e. The average Bonchev–Trinajstić information content (AvgIpc) is 2.39. The van der Waals surface area contributed by atoms with Gasteiger partial charge in [-0.2, -0.15) is 4.98 Å². The standard InChI is InChI=1S/C11H12N6O2/c1-7(8-2-4-13-5-3-8)15-10-9(17(18)19)6-14-11(12)16-10/h2-7H,1H3,(H3,12,14,15,16). The highest BCUT2D eigenvalue weighted by Crippen LogP contribution is 2.25. The summed E-state index contributed by atoms with van der Waals surface area (Å²) < 4.78 is 0. The summed E-state index contributed by atoms with van der Waals surface area (Å²) in [7, 11) is 0. The van der Waals surface area contributed by atoms with E-state index >= 15 is 0 Å². The zero-order valence-corrected chi connectivity index (χ0v) is 10.1. The molecule has 2 heterocycles. The second-order valence-electron chi connectivity index (χ2n) is 3.87. The number of pyridine rings is 1. The lowest BCUT2D eigenvalue weighted by Crippen LogP contribution is -2.11. The first-order valence-corrected chi connectivity index (χ1v) is 5.51. The van der Waals surface area contributed by atoms with Gasteiger partial charge in [-0.3, -0.25) is 15.1 Å². The van der Waals surface area contributed by atoms with E-state index in [0.717, 1.165) is 11.8 Å². The molecule has 8 heteroatoms. The molecule has 0 radical (unpaired) electrons. The quantitative estimate of drug-likeness (QED) is 0.631. The monoisotopic (exact) mass is 260 g/mol. The van der Waals surface area contributed by atoms with Gasteiger partial charge in [0.25, 0.3) is 0 Å². The summed E-state index contributed by atoms with van der Waals surface area (Å²) in [6.45, 7) is 1.86. The second-order valence-corrected chi connectivity index (χ2v) is 3.87. The highest BCUT2D eigenvalue weighted by atomic mass is 16.6. The fourth-order valence-corrected chi connectivity index (χ4v) is 1.57. The molecular formula is C11H12N6O2. The molecule has 8 nitrogen and oxygen atoms in total. The third-order valence-corrected chi connectivity index (χ3v) is 2.54. The molecule has 0 saturated heterocycles. The van der Waals surface area contributed by atoms with E-state index in [9.17, 15) is 10.1 Å². The van der Waals surface area contributed by atoms with Crippen molar-refractivity contribution in [1.29, 1.82) is 0 Å². The molecule has 0 saturated carbocycles. The summed E-state index contributed by atoms with van der Waals surface area (Å²) in [5.74, 6) is 0.0804. The van der Waals surface area contributed by atoms with Gasteiger partial charge in [-0.05, 0) is 24.6 Å². The number of nitrogens with two attached hydrogens (primary N) is 1. The summed E-state index contributed by atoms with van der Waals surface area (Å²) in [6, 6.07) is 3.46. The first-order valence-electron chi connectivity index (χ1n) is 5.51. The van der Waals surface area contributed by atoms with E-state index in [1.54, 1.807) is 12.4 Å². The molecule has 0 fully saturated rings. The van der Waals surface area contributed by atoms with Crippen molar-refractivity contribution in [2.45, 2.75) is 13.0 Å². The number of hydrogen-bond acceptors (Lipinski definition) is 7. The highest BCUT2D eigenvalue weighted by molar-refractivity contribution is 5.57. The number of aromatic nitrogens is 3. The Kier molecular flexibility index (Phi) is 3.51. The van der Waals surface area contributed by atoms with Crippen molar-refractivity contribution < 1.29 is 4.92 Å². The molecule has 0 amide bonds. The van der Waals surface area contributed by atoms with Gasteiger partial charge < -0.3 is 11.1 Å². The van der Waals surface area contributed by atoms with Crippen molar-refractivity contribution >= 4 is 17.5 Å². The van der Waals surface area contributed by atoms with Crippen LogP contribution in [0.3, 0.4) is 0 Å². The Bertz CT molecular complexity index is 589. The van der Waals surface area contributed by atoms with Crippen molar-refractivity contribution in [2.24, 2.45) is 0 Å². The number of nitrogen functional groups attached to an aromatic ring is 1. The summed E-state index contributed by atoms with van der Waals surface area (Å²) in [6.07, 6.45) is 4.39.